The Kier molecular flexibility index (Phi) is 7.56. The van der Waals surface area contributed by atoms with Crippen molar-refractivity contribution in [2.45, 2.75) is 52.1 Å². The third-order valence-corrected chi connectivity index (χ3v) is 4.62. The summed E-state index contributed by atoms with van der Waals surface area (Å²) < 4.78 is 0. The van der Waals surface area contributed by atoms with Crippen LogP contribution >= 0.6 is 11.8 Å². The fourth-order valence-electron chi connectivity index (χ4n) is 2.83. The maximum Gasteiger partial charge on any atom is 0.0218 e. The predicted molar refractivity (Wildman–Crippen MR) is 79.9 cm³/mol. The molecule has 3 atom stereocenters. The fourth-order valence-corrected chi connectivity index (χ4v) is 3.51. The van der Waals surface area contributed by atoms with Crippen LogP contribution in [-0.2, 0) is 0 Å². The van der Waals surface area contributed by atoms with E-state index < -0.39 is 0 Å². The lowest BCUT2D eigenvalue weighted by Gasteiger charge is -2.41. The molecule has 3 heteroatoms. The van der Waals surface area contributed by atoms with Crippen LogP contribution in [0.2, 0.25) is 0 Å². The molecule has 0 aromatic rings. The van der Waals surface area contributed by atoms with Crippen molar-refractivity contribution in [3.05, 3.63) is 0 Å². The van der Waals surface area contributed by atoms with Gasteiger partial charge in [-0.1, -0.05) is 27.2 Å². The van der Waals surface area contributed by atoms with Crippen LogP contribution in [0.25, 0.3) is 0 Å². The molecule has 0 radical (unpaired) electrons. The van der Waals surface area contributed by atoms with Crippen LogP contribution in [0.1, 0.15) is 40.0 Å². The van der Waals surface area contributed by atoms with E-state index in [4.69, 9.17) is 0 Å². The lowest BCUT2D eigenvalue weighted by atomic mass is 10.0. The zero-order valence-electron chi connectivity index (χ0n) is 12.0. The first-order valence-electron chi connectivity index (χ1n) is 7.17. The molecule has 0 saturated carbocycles. The summed E-state index contributed by atoms with van der Waals surface area (Å²) in [5, 5.41) is 3.71. The number of thioether (sulfide) groups is 1. The summed E-state index contributed by atoms with van der Waals surface area (Å²) >= 11 is 1.98. The monoisotopic (exact) mass is 258 g/mol. The number of hydrogen-bond acceptors (Lipinski definition) is 3. The summed E-state index contributed by atoms with van der Waals surface area (Å²) in [6.07, 6.45) is 6.11. The van der Waals surface area contributed by atoms with Gasteiger partial charge in [0.05, 0.1) is 0 Å². The fraction of sp³-hybridized carbons (Fsp3) is 1.00. The van der Waals surface area contributed by atoms with Crippen LogP contribution in [0.15, 0.2) is 0 Å². The molecule has 17 heavy (non-hydrogen) atoms. The Hall–Kier alpha value is 0.270. The quantitative estimate of drug-likeness (QED) is 0.756. The minimum absolute atomic E-state index is 0.726. The van der Waals surface area contributed by atoms with Gasteiger partial charge in [0, 0.05) is 31.7 Å². The van der Waals surface area contributed by atoms with Gasteiger partial charge in [-0.05, 0) is 30.8 Å². The molecule has 2 nitrogen and oxygen atoms in total. The van der Waals surface area contributed by atoms with E-state index in [1.807, 2.05) is 11.8 Å². The standard InChI is InChI=1S/C14H30N2S/c1-5-7-13-10-16(9-12(3)11-17-4)14(6-2)8-15-13/h12-15H,5-11H2,1-4H3. The van der Waals surface area contributed by atoms with Crippen LogP contribution in [0.3, 0.4) is 0 Å². The SMILES string of the molecule is CCCC1CN(CC(C)CSC)C(CC)CN1. The first-order chi connectivity index (χ1) is 8.21. The molecule has 102 valence electrons. The topological polar surface area (TPSA) is 15.3 Å². The van der Waals surface area contributed by atoms with Gasteiger partial charge in [0.2, 0.25) is 0 Å². The van der Waals surface area contributed by atoms with Gasteiger partial charge in [0.15, 0.2) is 0 Å². The molecular weight excluding hydrogens is 228 g/mol. The van der Waals surface area contributed by atoms with Gasteiger partial charge < -0.3 is 5.32 Å². The van der Waals surface area contributed by atoms with Crippen molar-refractivity contribution < 1.29 is 0 Å². The van der Waals surface area contributed by atoms with E-state index in [-0.39, 0.29) is 0 Å². The van der Waals surface area contributed by atoms with E-state index in [1.165, 1.54) is 44.6 Å². The number of nitrogens with zero attached hydrogens (tertiary/aromatic N) is 1. The number of rotatable bonds is 7. The van der Waals surface area contributed by atoms with Crippen molar-refractivity contribution in [3.8, 4) is 0 Å². The van der Waals surface area contributed by atoms with E-state index >= 15 is 0 Å². The number of hydrogen-bond donors (Lipinski definition) is 1. The Labute approximate surface area is 112 Å². The zero-order valence-corrected chi connectivity index (χ0v) is 12.9. The number of piperazine rings is 1. The Morgan fingerprint density at radius 3 is 2.76 bits per heavy atom. The molecule has 1 heterocycles. The molecule has 1 saturated heterocycles. The molecular formula is C14H30N2S. The smallest absolute Gasteiger partial charge is 0.0218 e. The van der Waals surface area contributed by atoms with Gasteiger partial charge >= 0.3 is 0 Å². The van der Waals surface area contributed by atoms with Crippen molar-refractivity contribution in [1.82, 2.24) is 10.2 Å². The Bertz CT molecular complexity index is 197. The Balaban J connectivity index is 2.44. The highest BCUT2D eigenvalue weighted by atomic mass is 32.2. The second-order valence-electron chi connectivity index (χ2n) is 5.47. The number of nitrogens with one attached hydrogen (secondary N) is 1. The van der Waals surface area contributed by atoms with E-state index in [2.05, 4.69) is 37.2 Å². The maximum atomic E-state index is 3.71. The molecule has 1 aliphatic rings. The minimum atomic E-state index is 0.726. The summed E-state index contributed by atoms with van der Waals surface area (Å²) in [6, 6.07) is 1.48. The summed E-state index contributed by atoms with van der Waals surface area (Å²) in [6.45, 7) is 10.7. The molecule has 1 aliphatic heterocycles. The highest BCUT2D eigenvalue weighted by Crippen LogP contribution is 2.16. The van der Waals surface area contributed by atoms with Gasteiger partial charge in [-0.3, -0.25) is 4.90 Å². The molecule has 1 fully saturated rings. The van der Waals surface area contributed by atoms with Crippen LogP contribution in [0, 0.1) is 5.92 Å². The molecule has 0 spiro atoms. The van der Waals surface area contributed by atoms with Gasteiger partial charge in [-0.2, -0.15) is 11.8 Å². The van der Waals surface area contributed by atoms with Gasteiger partial charge in [-0.25, -0.2) is 0 Å². The summed E-state index contributed by atoms with van der Waals surface area (Å²) in [4.78, 5) is 2.73. The van der Waals surface area contributed by atoms with E-state index in [0.29, 0.717) is 0 Å². The maximum absolute atomic E-state index is 3.71. The summed E-state index contributed by atoms with van der Waals surface area (Å²) in [5.74, 6) is 2.11. The first-order valence-corrected chi connectivity index (χ1v) is 8.56. The predicted octanol–water partition coefficient (Wildman–Crippen LogP) is 2.84. The molecule has 1 rings (SSSR count). The lowest BCUT2D eigenvalue weighted by Crippen LogP contribution is -2.57. The van der Waals surface area contributed by atoms with Crippen molar-refractivity contribution in [2.24, 2.45) is 5.92 Å². The van der Waals surface area contributed by atoms with Crippen molar-refractivity contribution in [1.29, 1.82) is 0 Å². The second kappa shape index (κ2) is 8.39. The average Bonchev–Trinajstić information content (AvgIpc) is 2.30. The molecule has 3 unspecified atom stereocenters. The highest BCUT2D eigenvalue weighted by molar-refractivity contribution is 7.98. The summed E-state index contributed by atoms with van der Waals surface area (Å²) in [7, 11) is 0. The van der Waals surface area contributed by atoms with Crippen molar-refractivity contribution in [3.63, 3.8) is 0 Å². The van der Waals surface area contributed by atoms with Crippen molar-refractivity contribution in [2.75, 3.05) is 31.6 Å². The Morgan fingerprint density at radius 2 is 2.18 bits per heavy atom. The first kappa shape index (κ1) is 15.3. The van der Waals surface area contributed by atoms with E-state index in [1.54, 1.807) is 0 Å². The molecule has 0 bridgehead atoms. The van der Waals surface area contributed by atoms with Crippen LogP contribution < -0.4 is 5.32 Å². The zero-order chi connectivity index (χ0) is 12.7. The Morgan fingerprint density at radius 1 is 1.41 bits per heavy atom. The highest BCUT2D eigenvalue weighted by Gasteiger charge is 2.26. The molecule has 0 aromatic heterocycles. The largest absolute Gasteiger partial charge is 0.311 e. The van der Waals surface area contributed by atoms with Crippen LogP contribution in [-0.4, -0.2) is 48.6 Å². The molecule has 0 amide bonds. The second-order valence-corrected chi connectivity index (χ2v) is 6.38. The minimum Gasteiger partial charge on any atom is -0.311 e. The van der Waals surface area contributed by atoms with Crippen LogP contribution in [0.5, 0.6) is 0 Å². The summed E-state index contributed by atoms with van der Waals surface area (Å²) in [5.41, 5.74) is 0. The molecule has 0 aromatic carbocycles. The lowest BCUT2D eigenvalue weighted by molar-refractivity contribution is 0.110. The van der Waals surface area contributed by atoms with E-state index in [9.17, 15) is 0 Å². The third kappa shape index (κ3) is 5.19. The van der Waals surface area contributed by atoms with Gasteiger partial charge in [0.25, 0.3) is 0 Å². The van der Waals surface area contributed by atoms with Gasteiger partial charge in [0.1, 0.15) is 0 Å². The van der Waals surface area contributed by atoms with Crippen molar-refractivity contribution >= 4 is 11.8 Å². The average molecular weight is 258 g/mol. The van der Waals surface area contributed by atoms with Gasteiger partial charge in [-0.15, -0.1) is 0 Å². The normalized spacial score (nSPS) is 28.2. The van der Waals surface area contributed by atoms with E-state index in [0.717, 1.165) is 18.0 Å². The van der Waals surface area contributed by atoms with Crippen LogP contribution in [0.4, 0.5) is 0 Å². The third-order valence-electron chi connectivity index (χ3n) is 3.72. The molecule has 1 N–H and O–H groups in total. The molecule has 0 aliphatic carbocycles.